The molecule has 0 spiro atoms. The van der Waals surface area contributed by atoms with Crippen molar-refractivity contribution in [3.8, 4) is 11.5 Å². The van der Waals surface area contributed by atoms with Crippen molar-refractivity contribution < 1.29 is 9.47 Å². The number of rotatable bonds is 7. The topological polar surface area (TPSA) is 95.2 Å². The van der Waals surface area contributed by atoms with Gasteiger partial charge in [-0.15, -0.1) is 5.10 Å². The SMILES string of the molecule is CCOc1cc(C=NN=C(N)N)ccc1OCC(C)C. The molecule has 6 nitrogen and oxygen atoms in total. The van der Waals surface area contributed by atoms with Crippen LogP contribution in [-0.2, 0) is 0 Å². The van der Waals surface area contributed by atoms with Crippen LogP contribution >= 0.6 is 0 Å². The van der Waals surface area contributed by atoms with Crippen LogP contribution in [0.3, 0.4) is 0 Å². The Morgan fingerprint density at radius 2 is 2.00 bits per heavy atom. The molecule has 0 radical (unpaired) electrons. The standard InChI is InChI=1S/C14H22N4O2/c1-4-19-13-7-11(8-17-18-14(15)16)5-6-12(13)20-9-10(2)3/h5-8,10H,4,9H2,1-3H3,(H4,15,16,18). The number of hydrogen-bond donors (Lipinski definition) is 2. The summed E-state index contributed by atoms with van der Waals surface area (Å²) in [7, 11) is 0. The minimum Gasteiger partial charge on any atom is -0.490 e. The third-order valence-electron chi connectivity index (χ3n) is 2.22. The number of guanidine groups is 1. The highest BCUT2D eigenvalue weighted by molar-refractivity contribution is 5.82. The molecule has 0 aliphatic rings. The third-order valence-corrected chi connectivity index (χ3v) is 2.22. The van der Waals surface area contributed by atoms with E-state index in [9.17, 15) is 0 Å². The molecule has 6 heteroatoms. The summed E-state index contributed by atoms with van der Waals surface area (Å²) in [6.45, 7) is 7.31. The second kappa shape index (κ2) is 8.04. The van der Waals surface area contributed by atoms with E-state index in [4.69, 9.17) is 20.9 Å². The van der Waals surface area contributed by atoms with Crippen LogP contribution in [0.15, 0.2) is 28.4 Å². The van der Waals surface area contributed by atoms with Gasteiger partial charge in [0.15, 0.2) is 11.5 Å². The van der Waals surface area contributed by atoms with Gasteiger partial charge in [-0.05, 0) is 36.6 Å². The maximum atomic E-state index is 5.71. The average Bonchev–Trinajstić information content (AvgIpc) is 2.37. The Morgan fingerprint density at radius 3 is 2.60 bits per heavy atom. The molecule has 0 aliphatic carbocycles. The van der Waals surface area contributed by atoms with Crippen LogP contribution in [0.25, 0.3) is 0 Å². The van der Waals surface area contributed by atoms with Gasteiger partial charge < -0.3 is 20.9 Å². The number of ether oxygens (including phenoxy) is 2. The Hall–Kier alpha value is -2.24. The van der Waals surface area contributed by atoms with Crippen LogP contribution in [0.4, 0.5) is 0 Å². The fourth-order valence-corrected chi connectivity index (χ4v) is 1.41. The molecular weight excluding hydrogens is 256 g/mol. The van der Waals surface area contributed by atoms with Gasteiger partial charge in [0.2, 0.25) is 5.96 Å². The smallest absolute Gasteiger partial charge is 0.211 e. The predicted molar refractivity (Wildman–Crippen MR) is 81.3 cm³/mol. The summed E-state index contributed by atoms with van der Waals surface area (Å²) >= 11 is 0. The zero-order valence-electron chi connectivity index (χ0n) is 12.2. The van der Waals surface area contributed by atoms with Crippen LogP contribution < -0.4 is 20.9 Å². The predicted octanol–water partition coefficient (Wildman–Crippen LogP) is 1.73. The lowest BCUT2D eigenvalue weighted by Crippen LogP contribution is -2.21. The Labute approximate surface area is 119 Å². The number of benzene rings is 1. The van der Waals surface area contributed by atoms with Gasteiger partial charge in [-0.1, -0.05) is 13.8 Å². The second-order valence-electron chi connectivity index (χ2n) is 4.61. The lowest BCUT2D eigenvalue weighted by atomic mass is 10.2. The van der Waals surface area contributed by atoms with E-state index in [0.717, 1.165) is 11.3 Å². The Kier molecular flexibility index (Phi) is 6.36. The normalized spacial score (nSPS) is 10.8. The van der Waals surface area contributed by atoms with Crippen molar-refractivity contribution in [2.75, 3.05) is 13.2 Å². The molecule has 1 rings (SSSR count). The largest absolute Gasteiger partial charge is 0.490 e. The maximum absolute atomic E-state index is 5.71. The summed E-state index contributed by atoms with van der Waals surface area (Å²) in [6.07, 6.45) is 1.55. The minimum atomic E-state index is -0.0804. The Bertz CT molecular complexity index is 480. The van der Waals surface area contributed by atoms with Crippen LogP contribution in [0.5, 0.6) is 11.5 Å². The highest BCUT2D eigenvalue weighted by atomic mass is 16.5. The number of hydrogen-bond acceptors (Lipinski definition) is 4. The van der Waals surface area contributed by atoms with E-state index >= 15 is 0 Å². The summed E-state index contributed by atoms with van der Waals surface area (Å²) in [5, 5.41) is 7.31. The van der Waals surface area contributed by atoms with Crippen LogP contribution in [0.2, 0.25) is 0 Å². The van der Waals surface area contributed by atoms with Crippen molar-refractivity contribution in [3.05, 3.63) is 23.8 Å². The first-order valence-electron chi connectivity index (χ1n) is 6.54. The Morgan fingerprint density at radius 1 is 1.25 bits per heavy atom. The molecule has 0 amide bonds. The molecule has 0 atom stereocenters. The zero-order valence-corrected chi connectivity index (χ0v) is 12.2. The van der Waals surface area contributed by atoms with Gasteiger partial charge in [0.25, 0.3) is 0 Å². The molecule has 0 saturated carbocycles. The van der Waals surface area contributed by atoms with E-state index in [1.807, 2.05) is 25.1 Å². The fourth-order valence-electron chi connectivity index (χ4n) is 1.41. The van der Waals surface area contributed by atoms with Crippen molar-refractivity contribution >= 4 is 12.2 Å². The highest BCUT2D eigenvalue weighted by Crippen LogP contribution is 2.28. The molecule has 0 heterocycles. The molecule has 0 aromatic heterocycles. The summed E-state index contributed by atoms with van der Waals surface area (Å²) < 4.78 is 11.3. The number of nitrogens with two attached hydrogens (primary N) is 2. The molecule has 1 aromatic carbocycles. The molecule has 0 fully saturated rings. The van der Waals surface area contributed by atoms with Gasteiger partial charge in [0, 0.05) is 0 Å². The van der Waals surface area contributed by atoms with Gasteiger partial charge in [-0.25, -0.2) is 0 Å². The fraction of sp³-hybridized carbons (Fsp3) is 0.429. The van der Waals surface area contributed by atoms with E-state index in [1.54, 1.807) is 6.21 Å². The van der Waals surface area contributed by atoms with E-state index in [2.05, 4.69) is 24.1 Å². The molecule has 1 aromatic rings. The molecule has 20 heavy (non-hydrogen) atoms. The first-order valence-corrected chi connectivity index (χ1v) is 6.54. The maximum Gasteiger partial charge on any atom is 0.211 e. The van der Waals surface area contributed by atoms with E-state index < -0.39 is 0 Å². The van der Waals surface area contributed by atoms with Gasteiger partial charge in [0.1, 0.15) is 0 Å². The zero-order chi connectivity index (χ0) is 15.0. The molecule has 4 N–H and O–H groups in total. The van der Waals surface area contributed by atoms with E-state index in [0.29, 0.717) is 24.9 Å². The average molecular weight is 278 g/mol. The molecular formula is C14H22N4O2. The molecule has 0 bridgehead atoms. The van der Waals surface area contributed by atoms with Crippen molar-refractivity contribution in [2.24, 2.45) is 27.6 Å². The van der Waals surface area contributed by atoms with Gasteiger partial charge in [0.05, 0.1) is 19.4 Å². The lowest BCUT2D eigenvalue weighted by Gasteiger charge is -2.13. The van der Waals surface area contributed by atoms with Gasteiger partial charge in [-0.2, -0.15) is 5.10 Å². The molecule has 0 unspecified atom stereocenters. The molecule has 0 saturated heterocycles. The second-order valence-corrected chi connectivity index (χ2v) is 4.61. The van der Waals surface area contributed by atoms with Crippen LogP contribution in [0, 0.1) is 5.92 Å². The van der Waals surface area contributed by atoms with E-state index in [-0.39, 0.29) is 5.96 Å². The highest BCUT2D eigenvalue weighted by Gasteiger charge is 2.06. The minimum absolute atomic E-state index is 0.0804. The molecule has 0 aliphatic heterocycles. The Balaban J connectivity index is 2.88. The van der Waals surface area contributed by atoms with Crippen LogP contribution in [-0.4, -0.2) is 25.4 Å². The monoisotopic (exact) mass is 278 g/mol. The lowest BCUT2D eigenvalue weighted by molar-refractivity contribution is 0.248. The third kappa shape index (κ3) is 5.60. The first-order chi connectivity index (χ1) is 9.52. The summed E-state index contributed by atoms with van der Waals surface area (Å²) in [5.74, 6) is 1.78. The summed E-state index contributed by atoms with van der Waals surface area (Å²) in [4.78, 5) is 0. The quantitative estimate of drug-likeness (QED) is 0.451. The van der Waals surface area contributed by atoms with Gasteiger partial charge >= 0.3 is 0 Å². The molecule has 110 valence electrons. The first kappa shape index (κ1) is 15.8. The van der Waals surface area contributed by atoms with Crippen molar-refractivity contribution in [3.63, 3.8) is 0 Å². The van der Waals surface area contributed by atoms with Crippen LogP contribution in [0.1, 0.15) is 26.3 Å². The van der Waals surface area contributed by atoms with E-state index in [1.165, 1.54) is 0 Å². The summed E-state index contributed by atoms with van der Waals surface area (Å²) in [6, 6.07) is 5.55. The number of nitrogens with zero attached hydrogens (tertiary/aromatic N) is 2. The van der Waals surface area contributed by atoms with Crippen molar-refractivity contribution in [2.45, 2.75) is 20.8 Å². The summed E-state index contributed by atoms with van der Waals surface area (Å²) in [5.41, 5.74) is 11.2. The van der Waals surface area contributed by atoms with Crippen molar-refractivity contribution in [1.82, 2.24) is 0 Å². The van der Waals surface area contributed by atoms with Crippen molar-refractivity contribution in [1.29, 1.82) is 0 Å². The van der Waals surface area contributed by atoms with Gasteiger partial charge in [-0.3, -0.25) is 0 Å².